The minimum atomic E-state index is -0.261. The van der Waals surface area contributed by atoms with Crippen molar-refractivity contribution in [2.24, 2.45) is 0 Å². The second-order valence-electron chi connectivity index (χ2n) is 4.10. The van der Waals surface area contributed by atoms with E-state index in [1.54, 1.807) is 36.4 Å². The third kappa shape index (κ3) is 2.22. The summed E-state index contributed by atoms with van der Waals surface area (Å²) < 4.78 is 7.46. The van der Waals surface area contributed by atoms with Crippen LogP contribution < -0.4 is 0 Å². The number of aromatic nitrogens is 1. The van der Waals surface area contributed by atoms with Crippen LogP contribution in [-0.4, -0.2) is 10.5 Å². The van der Waals surface area contributed by atoms with Crippen molar-refractivity contribution in [1.82, 2.24) is 4.57 Å². The second-order valence-corrected chi connectivity index (χ2v) is 5.74. The topological polar surface area (TPSA) is 35.1 Å². The SMILES string of the molecule is O=C(c1ccccc1Br)n1c(=S)oc2ccc(Cl)cc21. The molecule has 0 radical (unpaired) electrons. The predicted octanol–water partition coefficient (Wildman–Crippen LogP) is 5.07. The number of rotatable bonds is 1. The van der Waals surface area contributed by atoms with Crippen LogP contribution in [0.3, 0.4) is 0 Å². The first kappa shape index (κ1) is 13.5. The Morgan fingerprint density at radius 1 is 1.25 bits per heavy atom. The first-order valence-electron chi connectivity index (χ1n) is 5.68. The second kappa shape index (κ2) is 5.16. The molecule has 6 heteroatoms. The Bertz CT molecular complexity index is 884. The molecule has 0 saturated heterocycles. The summed E-state index contributed by atoms with van der Waals surface area (Å²) in [5, 5.41) is 0.516. The molecule has 3 nitrogen and oxygen atoms in total. The van der Waals surface area contributed by atoms with Gasteiger partial charge >= 0.3 is 0 Å². The van der Waals surface area contributed by atoms with Crippen LogP contribution in [0, 0.1) is 4.84 Å². The standard InChI is InChI=1S/C14H7BrClNO2S/c15-10-4-2-1-3-9(10)13(18)17-11-7-8(16)5-6-12(11)19-14(17)20/h1-7H. The minimum absolute atomic E-state index is 0.100. The molecule has 2 aromatic carbocycles. The van der Waals surface area contributed by atoms with Gasteiger partial charge in [0.2, 0.25) is 0 Å². The van der Waals surface area contributed by atoms with Crippen molar-refractivity contribution in [2.45, 2.75) is 0 Å². The Balaban J connectivity index is 2.27. The van der Waals surface area contributed by atoms with Gasteiger partial charge in [0, 0.05) is 9.50 Å². The van der Waals surface area contributed by atoms with Gasteiger partial charge < -0.3 is 4.42 Å². The van der Waals surface area contributed by atoms with Crippen molar-refractivity contribution in [3.63, 3.8) is 0 Å². The Kier molecular flexibility index (Phi) is 3.50. The van der Waals surface area contributed by atoms with E-state index in [4.69, 9.17) is 28.2 Å². The summed E-state index contributed by atoms with van der Waals surface area (Å²) in [6, 6.07) is 12.2. The van der Waals surface area contributed by atoms with Crippen LogP contribution in [0.4, 0.5) is 0 Å². The van der Waals surface area contributed by atoms with E-state index in [-0.39, 0.29) is 10.7 Å². The number of nitrogens with zero attached hydrogens (tertiary/aromatic N) is 1. The first-order chi connectivity index (χ1) is 9.58. The van der Waals surface area contributed by atoms with Crippen LogP contribution in [0.15, 0.2) is 51.4 Å². The smallest absolute Gasteiger partial charge is 0.276 e. The van der Waals surface area contributed by atoms with Crippen molar-refractivity contribution in [1.29, 1.82) is 0 Å². The third-order valence-corrected chi connectivity index (χ3v) is 4.04. The van der Waals surface area contributed by atoms with Gasteiger partial charge in [0.1, 0.15) is 0 Å². The maximum atomic E-state index is 12.6. The summed E-state index contributed by atoms with van der Waals surface area (Å²) in [6.07, 6.45) is 0. The number of oxazole rings is 1. The van der Waals surface area contributed by atoms with Gasteiger partial charge in [0.15, 0.2) is 5.58 Å². The molecular formula is C14H7BrClNO2S. The van der Waals surface area contributed by atoms with Crippen LogP contribution in [0.5, 0.6) is 0 Å². The Hall–Kier alpha value is -1.43. The van der Waals surface area contributed by atoms with Gasteiger partial charge in [-0.2, -0.15) is 0 Å². The van der Waals surface area contributed by atoms with Crippen molar-refractivity contribution in [3.05, 3.63) is 62.4 Å². The molecule has 0 bridgehead atoms. The molecule has 0 unspecified atom stereocenters. The van der Waals surface area contributed by atoms with E-state index in [9.17, 15) is 4.79 Å². The highest BCUT2D eigenvalue weighted by Crippen LogP contribution is 2.24. The van der Waals surface area contributed by atoms with Crippen LogP contribution >= 0.6 is 39.7 Å². The normalized spacial score (nSPS) is 10.9. The highest BCUT2D eigenvalue weighted by atomic mass is 79.9. The summed E-state index contributed by atoms with van der Waals surface area (Å²) >= 11 is 14.5. The van der Waals surface area contributed by atoms with Crippen LogP contribution in [0.2, 0.25) is 5.02 Å². The van der Waals surface area contributed by atoms with E-state index in [0.717, 1.165) is 0 Å². The van der Waals surface area contributed by atoms with Crippen LogP contribution in [0.25, 0.3) is 11.1 Å². The zero-order chi connectivity index (χ0) is 14.3. The van der Waals surface area contributed by atoms with Gasteiger partial charge in [-0.05, 0) is 58.5 Å². The maximum absolute atomic E-state index is 12.6. The predicted molar refractivity (Wildman–Crippen MR) is 83.9 cm³/mol. The molecule has 0 aliphatic carbocycles. The van der Waals surface area contributed by atoms with E-state index in [2.05, 4.69) is 15.9 Å². The van der Waals surface area contributed by atoms with E-state index >= 15 is 0 Å². The quantitative estimate of drug-likeness (QED) is 0.563. The average Bonchev–Trinajstić information content (AvgIpc) is 2.74. The number of benzene rings is 2. The van der Waals surface area contributed by atoms with Gasteiger partial charge in [0.25, 0.3) is 10.7 Å². The fourth-order valence-corrected chi connectivity index (χ4v) is 2.83. The first-order valence-corrected chi connectivity index (χ1v) is 7.26. The van der Waals surface area contributed by atoms with Gasteiger partial charge in [-0.15, -0.1) is 0 Å². The maximum Gasteiger partial charge on any atom is 0.276 e. The zero-order valence-corrected chi connectivity index (χ0v) is 13.1. The lowest BCUT2D eigenvalue weighted by Crippen LogP contribution is -2.12. The summed E-state index contributed by atoms with van der Waals surface area (Å²) in [6.45, 7) is 0. The van der Waals surface area contributed by atoms with E-state index in [0.29, 0.717) is 26.2 Å². The number of carbonyl (C=O) groups excluding carboxylic acids is 1. The summed E-state index contributed by atoms with van der Waals surface area (Å²) in [7, 11) is 0. The molecule has 3 rings (SSSR count). The minimum Gasteiger partial charge on any atom is -0.429 e. The molecule has 3 aromatic rings. The van der Waals surface area contributed by atoms with Crippen molar-refractivity contribution < 1.29 is 9.21 Å². The highest BCUT2D eigenvalue weighted by Gasteiger charge is 2.17. The molecule has 1 heterocycles. The summed E-state index contributed by atoms with van der Waals surface area (Å²) in [5.74, 6) is -0.261. The molecule has 1 aromatic heterocycles. The molecule has 0 N–H and O–H groups in total. The highest BCUT2D eigenvalue weighted by molar-refractivity contribution is 9.10. The number of hydrogen-bond donors (Lipinski definition) is 0. The molecule has 0 spiro atoms. The van der Waals surface area contributed by atoms with Crippen LogP contribution in [-0.2, 0) is 0 Å². The molecule has 0 aliphatic rings. The lowest BCUT2D eigenvalue weighted by Gasteiger charge is -2.04. The molecule has 0 aliphatic heterocycles. The fourth-order valence-electron chi connectivity index (χ4n) is 1.94. The van der Waals surface area contributed by atoms with E-state index in [1.165, 1.54) is 4.57 Å². The number of halogens is 2. The van der Waals surface area contributed by atoms with Crippen molar-refractivity contribution in [3.8, 4) is 0 Å². The molecule has 0 fully saturated rings. The summed E-state index contributed by atoms with van der Waals surface area (Å²) in [5.41, 5.74) is 1.59. The molecular weight excluding hydrogens is 362 g/mol. The van der Waals surface area contributed by atoms with Gasteiger partial charge in [-0.25, -0.2) is 4.57 Å². The Morgan fingerprint density at radius 2 is 2.00 bits per heavy atom. The number of carbonyl (C=O) groups is 1. The molecule has 0 amide bonds. The van der Waals surface area contributed by atoms with Gasteiger partial charge in [-0.1, -0.05) is 23.7 Å². The van der Waals surface area contributed by atoms with Crippen molar-refractivity contribution >= 4 is 56.8 Å². The van der Waals surface area contributed by atoms with Crippen molar-refractivity contribution in [2.75, 3.05) is 0 Å². The van der Waals surface area contributed by atoms with Gasteiger partial charge in [-0.3, -0.25) is 4.79 Å². The van der Waals surface area contributed by atoms with E-state index in [1.807, 2.05) is 6.07 Å². The van der Waals surface area contributed by atoms with E-state index < -0.39 is 0 Å². The fraction of sp³-hybridized carbons (Fsp3) is 0. The zero-order valence-electron chi connectivity index (χ0n) is 9.97. The monoisotopic (exact) mass is 367 g/mol. The third-order valence-electron chi connectivity index (χ3n) is 2.85. The lowest BCUT2D eigenvalue weighted by molar-refractivity contribution is 0.0958. The molecule has 0 saturated carbocycles. The largest absolute Gasteiger partial charge is 0.429 e. The molecule has 0 atom stereocenters. The molecule has 20 heavy (non-hydrogen) atoms. The summed E-state index contributed by atoms with van der Waals surface area (Å²) in [4.78, 5) is 12.7. The Labute approximate surface area is 132 Å². The van der Waals surface area contributed by atoms with Gasteiger partial charge in [0.05, 0.1) is 11.1 Å². The molecule has 100 valence electrons. The number of fused-ring (bicyclic) bond motifs is 1. The lowest BCUT2D eigenvalue weighted by atomic mass is 10.2. The average molecular weight is 369 g/mol. The number of hydrogen-bond acceptors (Lipinski definition) is 3. The van der Waals surface area contributed by atoms with Crippen LogP contribution in [0.1, 0.15) is 10.4 Å². The Morgan fingerprint density at radius 3 is 2.75 bits per heavy atom.